The largest absolute Gasteiger partial charge is 0.494 e. The molecule has 0 aliphatic heterocycles. The van der Waals surface area contributed by atoms with Crippen LogP contribution in [0.2, 0.25) is 0 Å². The monoisotopic (exact) mass is 285 g/mol. The predicted octanol–water partition coefficient (Wildman–Crippen LogP) is 4.30. The Morgan fingerprint density at radius 2 is 1.84 bits per heavy atom. The van der Waals surface area contributed by atoms with Gasteiger partial charge in [-0.25, -0.2) is 0 Å². The molecule has 19 heavy (non-hydrogen) atoms. The summed E-state index contributed by atoms with van der Waals surface area (Å²) < 4.78 is 5.72. The third-order valence-corrected chi connectivity index (χ3v) is 3.54. The molecule has 110 valence electrons. The highest BCUT2D eigenvalue weighted by Gasteiger charge is 2.12. The fourth-order valence-corrected chi connectivity index (χ4v) is 2.06. The third kappa shape index (κ3) is 5.42. The van der Waals surface area contributed by atoms with E-state index in [0.29, 0.717) is 5.92 Å². The maximum atomic E-state index is 6.03. The summed E-state index contributed by atoms with van der Waals surface area (Å²) in [7, 11) is 0. The van der Waals surface area contributed by atoms with Crippen molar-refractivity contribution in [2.24, 2.45) is 5.73 Å². The number of ether oxygens (including phenoxy) is 1. The summed E-state index contributed by atoms with van der Waals surface area (Å²) in [4.78, 5) is 0. The SMILES string of the molecule is CCOc1ccc(CC(N)CC)cc1C(C)CC.Cl. The Kier molecular flexibility index (Phi) is 8.86. The Morgan fingerprint density at radius 1 is 1.16 bits per heavy atom. The van der Waals surface area contributed by atoms with Gasteiger partial charge in [-0.2, -0.15) is 0 Å². The maximum Gasteiger partial charge on any atom is 0.122 e. The lowest BCUT2D eigenvalue weighted by Crippen LogP contribution is -2.21. The van der Waals surface area contributed by atoms with E-state index in [1.165, 1.54) is 11.1 Å². The lowest BCUT2D eigenvalue weighted by Gasteiger charge is -2.17. The van der Waals surface area contributed by atoms with Crippen molar-refractivity contribution in [3.05, 3.63) is 29.3 Å². The Labute approximate surface area is 124 Å². The van der Waals surface area contributed by atoms with Gasteiger partial charge >= 0.3 is 0 Å². The molecule has 0 fully saturated rings. The van der Waals surface area contributed by atoms with Crippen LogP contribution in [0.1, 0.15) is 57.6 Å². The summed E-state index contributed by atoms with van der Waals surface area (Å²) in [6.45, 7) is 9.35. The number of rotatable bonds is 7. The van der Waals surface area contributed by atoms with Gasteiger partial charge in [0.1, 0.15) is 5.75 Å². The quantitative estimate of drug-likeness (QED) is 0.811. The normalized spacial score (nSPS) is 13.5. The number of halogens is 1. The Morgan fingerprint density at radius 3 is 2.37 bits per heavy atom. The summed E-state index contributed by atoms with van der Waals surface area (Å²) >= 11 is 0. The zero-order valence-electron chi connectivity index (χ0n) is 12.6. The maximum absolute atomic E-state index is 6.03. The molecular weight excluding hydrogens is 258 g/mol. The van der Waals surface area contributed by atoms with Gasteiger partial charge in [0.25, 0.3) is 0 Å². The topological polar surface area (TPSA) is 35.2 Å². The van der Waals surface area contributed by atoms with E-state index < -0.39 is 0 Å². The first-order valence-electron chi connectivity index (χ1n) is 7.13. The van der Waals surface area contributed by atoms with Gasteiger partial charge in [-0.15, -0.1) is 12.4 Å². The first-order valence-corrected chi connectivity index (χ1v) is 7.13. The van der Waals surface area contributed by atoms with Gasteiger partial charge in [-0.3, -0.25) is 0 Å². The molecule has 0 aliphatic rings. The Hall–Kier alpha value is -0.730. The Balaban J connectivity index is 0.00000324. The van der Waals surface area contributed by atoms with E-state index in [4.69, 9.17) is 10.5 Å². The standard InChI is InChI=1S/C16H27NO.ClH/c1-5-12(4)15-11-13(10-14(17)6-2)8-9-16(15)18-7-3;/h8-9,11-12,14H,5-7,10,17H2,1-4H3;1H. The smallest absolute Gasteiger partial charge is 0.122 e. The number of hydrogen-bond donors (Lipinski definition) is 1. The molecule has 0 aromatic heterocycles. The van der Waals surface area contributed by atoms with Gasteiger partial charge < -0.3 is 10.5 Å². The van der Waals surface area contributed by atoms with Crippen molar-refractivity contribution < 1.29 is 4.74 Å². The van der Waals surface area contributed by atoms with E-state index >= 15 is 0 Å². The summed E-state index contributed by atoms with van der Waals surface area (Å²) in [6, 6.07) is 6.77. The molecule has 2 unspecified atom stereocenters. The number of hydrogen-bond acceptors (Lipinski definition) is 2. The van der Waals surface area contributed by atoms with E-state index in [0.717, 1.165) is 31.6 Å². The molecule has 0 spiro atoms. The van der Waals surface area contributed by atoms with Gasteiger partial charge in [-0.05, 0) is 49.3 Å². The minimum Gasteiger partial charge on any atom is -0.494 e. The molecule has 1 rings (SSSR count). The molecule has 0 heterocycles. The summed E-state index contributed by atoms with van der Waals surface area (Å²) in [5.74, 6) is 1.56. The van der Waals surface area contributed by atoms with E-state index in [9.17, 15) is 0 Å². The van der Waals surface area contributed by atoms with Crippen molar-refractivity contribution in [3.63, 3.8) is 0 Å². The highest BCUT2D eigenvalue weighted by atomic mass is 35.5. The van der Waals surface area contributed by atoms with E-state index in [1.54, 1.807) is 0 Å². The summed E-state index contributed by atoms with van der Waals surface area (Å²) in [6.07, 6.45) is 3.10. The first-order chi connectivity index (χ1) is 8.62. The van der Waals surface area contributed by atoms with Crippen molar-refractivity contribution in [3.8, 4) is 5.75 Å². The lowest BCUT2D eigenvalue weighted by atomic mass is 9.93. The van der Waals surface area contributed by atoms with Crippen LogP contribution in [0.25, 0.3) is 0 Å². The van der Waals surface area contributed by atoms with E-state index in [2.05, 4.69) is 39.0 Å². The first kappa shape index (κ1) is 18.3. The fourth-order valence-electron chi connectivity index (χ4n) is 2.06. The van der Waals surface area contributed by atoms with Crippen LogP contribution in [0.15, 0.2) is 18.2 Å². The molecule has 2 atom stereocenters. The summed E-state index contributed by atoms with van der Waals surface area (Å²) in [5.41, 5.74) is 8.67. The second-order valence-corrected chi connectivity index (χ2v) is 4.99. The van der Waals surface area contributed by atoms with Crippen molar-refractivity contribution in [1.29, 1.82) is 0 Å². The van der Waals surface area contributed by atoms with Crippen molar-refractivity contribution in [2.45, 2.75) is 58.9 Å². The molecule has 0 amide bonds. The fraction of sp³-hybridized carbons (Fsp3) is 0.625. The van der Waals surface area contributed by atoms with E-state index in [-0.39, 0.29) is 18.4 Å². The highest BCUT2D eigenvalue weighted by molar-refractivity contribution is 5.85. The minimum absolute atomic E-state index is 0. The molecule has 0 saturated heterocycles. The van der Waals surface area contributed by atoms with Crippen molar-refractivity contribution >= 4 is 12.4 Å². The molecule has 2 nitrogen and oxygen atoms in total. The summed E-state index contributed by atoms with van der Waals surface area (Å²) in [5, 5.41) is 0. The molecule has 1 aromatic carbocycles. The van der Waals surface area contributed by atoms with Crippen LogP contribution in [0.5, 0.6) is 5.75 Å². The van der Waals surface area contributed by atoms with Gasteiger partial charge in [0.2, 0.25) is 0 Å². The van der Waals surface area contributed by atoms with Crippen molar-refractivity contribution in [1.82, 2.24) is 0 Å². The molecule has 3 heteroatoms. The van der Waals surface area contributed by atoms with Crippen LogP contribution in [0.4, 0.5) is 0 Å². The lowest BCUT2D eigenvalue weighted by molar-refractivity contribution is 0.334. The van der Waals surface area contributed by atoms with Crippen LogP contribution in [0, 0.1) is 0 Å². The van der Waals surface area contributed by atoms with Gasteiger partial charge in [0, 0.05) is 6.04 Å². The van der Waals surface area contributed by atoms with Crippen LogP contribution in [0.3, 0.4) is 0 Å². The van der Waals surface area contributed by atoms with Crippen molar-refractivity contribution in [2.75, 3.05) is 6.61 Å². The van der Waals surface area contributed by atoms with E-state index in [1.807, 2.05) is 6.92 Å². The molecule has 0 radical (unpaired) electrons. The molecule has 0 aliphatic carbocycles. The van der Waals surface area contributed by atoms with Crippen LogP contribution in [-0.4, -0.2) is 12.6 Å². The van der Waals surface area contributed by atoms with Gasteiger partial charge in [0.15, 0.2) is 0 Å². The van der Waals surface area contributed by atoms with Gasteiger partial charge in [0.05, 0.1) is 6.61 Å². The molecular formula is C16H28ClNO. The second kappa shape index (κ2) is 9.22. The van der Waals surface area contributed by atoms with Crippen LogP contribution in [-0.2, 0) is 6.42 Å². The molecule has 0 saturated carbocycles. The average molecular weight is 286 g/mol. The number of benzene rings is 1. The molecule has 1 aromatic rings. The average Bonchev–Trinajstić information content (AvgIpc) is 2.39. The predicted molar refractivity (Wildman–Crippen MR) is 85.5 cm³/mol. The van der Waals surface area contributed by atoms with Crippen LogP contribution < -0.4 is 10.5 Å². The Bertz CT molecular complexity index is 368. The van der Waals surface area contributed by atoms with Gasteiger partial charge in [-0.1, -0.05) is 32.9 Å². The molecule has 0 bridgehead atoms. The molecule has 2 N–H and O–H groups in total. The highest BCUT2D eigenvalue weighted by Crippen LogP contribution is 2.30. The zero-order valence-corrected chi connectivity index (χ0v) is 13.4. The number of nitrogens with two attached hydrogens (primary N) is 1. The third-order valence-electron chi connectivity index (χ3n) is 3.54. The second-order valence-electron chi connectivity index (χ2n) is 4.99. The van der Waals surface area contributed by atoms with Crippen LogP contribution >= 0.6 is 12.4 Å². The zero-order chi connectivity index (χ0) is 13.5. The minimum atomic E-state index is 0.